The van der Waals surface area contributed by atoms with Crippen LogP contribution in [0.2, 0.25) is 0 Å². The maximum Gasteiger partial charge on any atom is 0.198 e. The summed E-state index contributed by atoms with van der Waals surface area (Å²) in [6.07, 6.45) is 1.77. The van der Waals surface area contributed by atoms with E-state index >= 15 is 0 Å². The average Bonchev–Trinajstić information content (AvgIpc) is 3.76. The van der Waals surface area contributed by atoms with Crippen molar-refractivity contribution in [3.63, 3.8) is 0 Å². The van der Waals surface area contributed by atoms with Gasteiger partial charge >= 0.3 is 0 Å². The van der Waals surface area contributed by atoms with E-state index in [1.165, 1.54) is 33.2 Å². The van der Waals surface area contributed by atoms with Gasteiger partial charge in [-0.1, -0.05) is 61.9 Å². The topological polar surface area (TPSA) is 50.3 Å². The molecule has 3 heterocycles. The van der Waals surface area contributed by atoms with E-state index in [9.17, 15) is 9.59 Å². The number of benzene rings is 3. The second kappa shape index (κ2) is 9.43. The summed E-state index contributed by atoms with van der Waals surface area (Å²) in [7, 11) is 0. The van der Waals surface area contributed by atoms with Crippen LogP contribution in [-0.2, 0) is 5.41 Å². The summed E-state index contributed by atoms with van der Waals surface area (Å²) in [6.45, 7) is 6.50. The Morgan fingerprint density at radius 2 is 1.47 bits per heavy atom. The summed E-state index contributed by atoms with van der Waals surface area (Å²) in [6, 6.07) is 29.9. The second-order valence-electron chi connectivity index (χ2n) is 11.7. The summed E-state index contributed by atoms with van der Waals surface area (Å²) < 4.78 is 0. The van der Waals surface area contributed by atoms with E-state index in [0.29, 0.717) is 11.1 Å². The lowest BCUT2D eigenvalue weighted by Crippen LogP contribution is -2.19. The SMILES string of the molecule is Cc1ccc(N(c2ccc3ccccc3c2)c2ccc3c(n2)C(C)(C)c2cc(C=C4C(=O)c5cscc5C4=O)sc2-3)cc1. The van der Waals surface area contributed by atoms with Crippen LogP contribution in [-0.4, -0.2) is 16.6 Å². The first kappa shape index (κ1) is 26.0. The fourth-order valence-electron chi connectivity index (χ4n) is 6.24. The first-order valence-electron chi connectivity index (χ1n) is 14.2. The van der Waals surface area contributed by atoms with E-state index in [0.717, 1.165) is 38.2 Å². The summed E-state index contributed by atoms with van der Waals surface area (Å²) in [5.41, 5.74) is 7.56. The molecule has 208 valence electrons. The molecule has 0 N–H and O–H groups in total. The number of anilines is 3. The number of rotatable bonds is 4. The van der Waals surface area contributed by atoms with Crippen molar-refractivity contribution in [3.8, 4) is 10.4 Å². The standard InChI is InChI=1S/C37H26N2O2S2/c1-21-8-11-24(12-9-21)39(25-13-10-22-6-4-5-7-23(22)16-25)32-15-14-27-35-31(37(2,3)36(27)38-32)18-26(43-35)17-28-33(40)29-19-42-20-30(29)34(28)41/h4-20H,1-3H3. The molecule has 8 rings (SSSR count). The number of nitrogens with zero attached hydrogens (tertiary/aromatic N) is 2. The van der Waals surface area contributed by atoms with Gasteiger partial charge in [0.25, 0.3) is 0 Å². The highest BCUT2D eigenvalue weighted by Crippen LogP contribution is 2.53. The minimum absolute atomic E-state index is 0.175. The van der Waals surface area contributed by atoms with Crippen molar-refractivity contribution in [2.45, 2.75) is 26.2 Å². The van der Waals surface area contributed by atoms with Crippen LogP contribution in [0.4, 0.5) is 17.2 Å². The lowest BCUT2D eigenvalue weighted by Gasteiger charge is -2.27. The van der Waals surface area contributed by atoms with Crippen LogP contribution in [0.25, 0.3) is 27.3 Å². The fraction of sp³-hybridized carbons (Fsp3) is 0.108. The number of pyridine rings is 1. The van der Waals surface area contributed by atoms with Gasteiger partial charge in [-0.25, -0.2) is 4.98 Å². The zero-order valence-corrected chi connectivity index (χ0v) is 25.5. The van der Waals surface area contributed by atoms with Crippen LogP contribution in [0.5, 0.6) is 0 Å². The van der Waals surface area contributed by atoms with E-state index in [4.69, 9.17) is 4.98 Å². The Balaban J connectivity index is 1.22. The van der Waals surface area contributed by atoms with Gasteiger partial charge in [0.2, 0.25) is 0 Å². The highest BCUT2D eigenvalue weighted by molar-refractivity contribution is 7.16. The van der Waals surface area contributed by atoms with E-state index in [1.54, 1.807) is 28.2 Å². The third-order valence-electron chi connectivity index (χ3n) is 8.58. The number of carbonyl (C=O) groups is 2. The Morgan fingerprint density at radius 3 is 2.21 bits per heavy atom. The molecule has 0 bridgehead atoms. The molecule has 0 aliphatic heterocycles. The summed E-state index contributed by atoms with van der Waals surface area (Å²) in [5, 5.41) is 5.91. The van der Waals surface area contributed by atoms with Crippen LogP contribution in [0.1, 0.15) is 56.3 Å². The van der Waals surface area contributed by atoms with Gasteiger partial charge in [0.1, 0.15) is 5.82 Å². The van der Waals surface area contributed by atoms with E-state index in [1.807, 2.05) is 0 Å². The number of aryl methyl sites for hydroxylation is 1. The average molecular weight is 595 g/mol. The molecule has 0 amide bonds. The molecule has 6 heteroatoms. The molecule has 2 aliphatic rings. The zero-order valence-electron chi connectivity index (χ0n) is 23.8. The van der Waals surface area contributed by atoms with Crippen LogP contribution in [0, 0.1) is 6.92 Å². The van der Waals surface area contributed by atoms with E-state index < -0.39 is 0 Å². The van der Waals surface area contributed by atoms with Crippen molar-refractivity contribution < 1.29 is 9.59 Å². The number of allylic oxidation sites excluding steroid dienone is 1. The number of ketones is 2. The van der Waals surface area contributed by atoms with Gasteiger partial charge in [-0.3, -0.25) is 14.5 Å². The lowest BCUT2D eigenvalue weighted by atomic mass is 9.86. The number of Topliss-reactive ketones (excluding diaryl/α,β-unsaturated/α-hetero) is 2. The number of fused-ring (bicyclic) bond motifs is 5. The number of hydrogen-bond donors (Lipinski definition) is 0. The predicted octanol–water partition coefficient (Wildman–Crippen LogP) is 9.90. The molecule has 0 fully saturated rings. The van der Waals surface area contributed by atoms with Gasteiger partial charge < -0.3 is 0 Å². The minimum Gasteiger partial charge on any atom is -0.295 e. The van der Waals surface area contributed by atoms with Crippen LogP contribution in [0.15, 0.2) is 101 Å². The summed E-state index contributed by atoms with van der Waals surface area (Å²) >= 11 is 3.01. The third kappa shape index (κ3) is 3.98. The van der Waals surface area contributed by atoms with E-state index in [2.05, 4.69) is 111 Å². The summed E-state index contributed by atoms with van der Waals surface area (Å²) in [4.78, 5) is 35.4. The van der Waals surface area contributed by atoms with Crippen molar-refractivity contribution in [1.29, 1.82) is 0 Å². The van der Waals surface area contributed by atoms with Gasteiger partial charge in [-0.05, 0) is 71.8 Å². The monoisotopic (exact) mass is 594 g/mol. The Labute approximate surface area is 257 Å². The lowest BCUT2D eigenvalue weighted by molar-refractivity contribution is 0.0990. The van der Waals surface area contributed by atoms with Crippen molar-refractivity contribution in [2.75, 3.05) is 4.90 Å². The molecular weight excluding hydrogens is 569 g/mol. The number of aromatic nitrogens is 1. The zero-order chi connectivity index (χ0) is 29.5. The van der Waals surface area contributed by atoms with Crippen molar-refractivity contribution in [1.82, 2.24) is 4.98 Å². The van der Waals surface area contributed by atoms with E-state index in [-0.39, 0.29) is 22.6 Å². The predicted molar refractivity (Wildman–Crippen MR) is 178 cm³/mol. The highest BCUT2D eigenvalue weighted by atomic mass is 32.1. The minimum atomic E-state index is -0.349. The molecule has 0 atom stereocenters. The molecular formula is C37H26N2O2S2. The molecule has 43 heavy (non-hydrogen) atoms. The number of carbonyl (C=O) groups excluding carboxylic acids is 2. The van der Waals surface area contributed by atoms with Crippen molar-refractivity contribution in [3.05, 3.63) is 134 Å². The first-order chi connectivity index (χ1) is 20.8. The number of thiophene rings is 2. The quantitative estimate of drug-likeness (QED) is 0.151. The molecule has 0 saturated carbocycles. The Kier molecular flexibility index (Phi) is 5.70. The van der Waals surface area contributed by atoms with Gasteiger partial charge in [0.05, 0.1) is 11.3 Å². The third-order valence-corrected chi connectivity index (χ3v) is 10.4. The highest BCUT2D eigenvalue weighted by Gasteiger charge is 2.40. The fourth-order valence-corrected chi connectivity index (χ4v) is 8.34. The smallest absolute Gasteiger partial charge is 0.198 e. The molecule has 0 spiro atoms. The van der Waals surface area contributed by atoms with Gasteiger partial charge in [-0.2, -0.15) is 11.3 Å². The molecule has 6 aromatic rings. The van der Waals surface area contributed by atoms with Crippen LogP contribution < -0.4 is 4.90 Å². The molecule has 0 unspecified atom stereocenters. The maximum absolute atomic E-state index is 12.9. The molecule has 0 radical (unpaired) electrons. The Hall–Kier alpha value is -4.65. The molecule has 4 nitrogen and oxygen atoms in total. The number of hydrogen-bond acceptors (Lipinski definition) is 6. The first-order valence-corrected chi connectivity index (χ1v) is 15.9. The molecule has 0 saturated heterocycles. The summed E-state index contributed by atoms with van der Waals surface area (Å²) in [5.74, 6) is 0.507. The largest absolute Gasteiger partial charge is 0.295 e. The normalized spacial score (nSPS) is 14.6. The molecule has 3 aromatic carbocycles. The van der Waals surface area contributed by atoms with Gasteiger partial charge in [0, 0.05) is 54.0 Å². The Bertz CT molecular complexity index is 2130. The molecule has 3 aromatic heterocycles. The van der Waals surface area contributed by atoms with Gasteiger partial charge in [0.15, 0.2) is 11.6 Å². The maximum atomic E-state index is 12.9. The molecule has 2 aliphatic carbocycles. The van der Waals surface area contributed by atoms with Crippen LogP contribution >= 0.6 is 22.7 Å². The van der Waals surface area contributed by atoms with Crippen molar-refractivity contribution >= 4 is 68.3 Å². The van der Waals surface area contributed by atoms with Gasteiger partial charge in [-0.15, -0.1) is 11.3 Å². The van der Waals surface area contributed by atoms with Crippen molar-refractivity contribution in [2.24, 2.45) is 0 Å². The second-order valence-corrected chi connectivity index (χ2v) is 13.5. The van der Waals surface area contributed by atoms with Crippen LogP contribution in [0.3, 0.4) is 0 Å². The Morgan fingerprint density at radius 1 is 0.767 bits per heavy atom.